The van der Waals surface area contributed by atoms with E-state index in [1.807, 2.05) is 13.8 Å². The summed E-state index contributed by atoms with van der Waals surface area (Å²) < 4.78 is 5.45. The molecule has 1 amide bonds. The second-order valence-electron chi connectivity index (χ2n) is 4.74. The predicted octanol–water partition coefficient (Wildman–Crippen LogP) is 1.51. The molecule has 0 spiro atoms. The minimum atomic E-state index is -0.860. The number of hydrogen-bond acceptors (Lipinski definition) is 3. The van der Waals surface area contributed by atoms with Crippen LogP contribution < -0.4 is 0 Å². The first-order valence-electron chi connectivity index (χ1n) is 6.67. The zero-order chi connectivity index (χ0) is 13.5. The highest BCUT2D eigenvalue weighted by atomic mass is 16.5. The zero-order valence-corrected chi connectivity index (χ0v) is 11.2. The summed E-state index contributed by atoms with van der Waals surface area (Å²) in [4.78, 5) is 24.1. The van der Waals surface area contributed by atoms with Crippen LogP contribution in [0.1, 0.15) is 39.5 Å². The van der Waals surface area contributed by atoms with Crippen molar-refractivity contribution in [3.8, 4) is 0 Å². The summed E-state index contributed by atoms with van der Waals surface area (Å²) in [6.45, 7) is 5.47. The summed E-state index contributed by atoms with van der Waals surface area (Å²) in [7, 11) is 0. The number of carbonyl (C=O) groups excluding carboxylic acids is 1. The van der Waals surface area contributed by atoms with Gasteiger partial charge in [-0.1, -0.05) is 0 Å². The van der Waals surface area contributed by atoms with Gasteiger partial charge in [0.05, 0.1) is 12.5 Å². The Balaban J connectivity index is 2.24. The summed E-state index contributed by atoms with van der Waals surface area (Å²) in [5.41, 5.74) is 0. The molecule has 1 saturated carbocycles. The maximum Gasteiger partial charge on any atom is 0.305 e. The highest BCUT2D eigenvalue weighted by Crippen LogP contribution is 2.33. The Labute approximate surface area is 108 Å². The smallest absolute Gasteiger partial charge is 0.305 e. The predicted molar refractivity (Wildman–Crippen MR) is 67.3 cm³/mol. The highest BCUT2D eigenvalue weighted by Gasteiger charge is 2.32. The Morgan fingerprint density at radius 1 is 1.33 bits per heavy atom. The quantitative estimate of drug-likeness (QED) is 0.716. The van der Waals surface area contributed by atoms with Gasteiger partial charge in [-0.25, -0.2) is 0 Å². The van der Waals surface area contributed by atoms with Crippen LogP contribution in [0.4, 0.5) is 0 Å². The molecule has 0 saturated heterocycles. The fourth-order valence-corrected chi connectivity index (χ4v) is 2.28. The van der Waals surface area contributed by atoms with E-state index < -0.39 is 5.97 Å². The van der Waals surface area contributed by atoms with Crippen molar-refractivity contribution in [2.24, 2.45) is 5.92 Å². The van der Waals surface area contributed by atoms with Crippen LogP contribution in [0.15, 0.2) is 0 Å². The normalized spacial score (nSPS) is 22.3. The number of aliphatic carboxylic acids is 1. The molecular formula is C13H23NO4. The topological polar surface area (TPSA) is 66.8 Å². The van der Waals surface area contributed by atoms with E-state index in [9.17, 15) is 9.59 Å². The van der Waals surface area contributed by atoms with Crippen molar-refractivity contribution in [3.05, 3.63) is 0 Å². The largest absolute Gasteiger partial charge is 0.481 e. The van der Waals surface area contributed by atoms with Gasteiger partial charge in [-0.2, -0.15) is 0 Å². The van der Waals surface area contributed by atoms with Crippen LogP contribution in [-0.2, 0) is 14.3 Å². The fourth-order valence-electron chi connectivity index (χ4n) is 2.28. The molecule has 0 heterocycles. The van der Waals surface area contributed by atoms with Crippen molar-refractivity contribution in [1.82, 2.24) is 4.90 Å². The third-order valence-corrected chi connectivity index (χ3v) is 3.39. The van der Waals surface area contributed by atoms with Gasteiger partial charge < -0.3 is 14.7 Å². The van der Waals surface area contributed by atoms with Gasteiger partial charge in [0, 0.05) is 26.1 Å². The van der Waals surface area contributed by atoms with Gasteiger partial charge in [-0.15, -0.1) is 0 Å². The molecule has 1 fully saturated rings. The SMILES string of the molecule is CCOC1CC(CC(=O)N(CC)CCC(=O)O)C1. The third-order valence-electron chi connectivity index (χ3n) is 3.39. The molecule has 1 aliphatic rings. The van der Waals surface area contributed by atoms with E-state index in [-0.39, 0.29) is 12.3 Å². The third kappa shape index (κ3) is 4.64. The number of carbonyl (C=O) groups is 2. The van der Waals surface area contributed by atoms with Gasteiger partial charge in [0.2, 0.25) is 5.91 Å². The summed E-state index contributed by atoms with van der Waals surface area (Å²) >= 11 is 0. The van der Waals surface area contributed by atoms with Gasteiger partial charge in [-0.3, -0.25) is 9.59 Å². The van der Waals surface area contributed by atoms with Crippen molar-refractivity contribution in [3.63, 3.8) is 0 Å². The van der Waals surface area contributed by atoms with Crippen LogP contribution in [0, 0.1) is 5.92 Å². The number of carboxylic acid groups (broad SMARTS) is 1. The number of rotatable bonds is 8. The molecule has 1 N–H and O–H groups in total. The average molecular weight is 257 g/mol. The van der Waals surface area contributed by atoms with Gasteiger partial charge in [0.1, 0.15) is 0 Å². The molecule has 1 rings (SSSR count). The standard InChI is InChI=1S/C13H23NO4/c1-3-14(6-5-13(16)17)12(15)9-10-7-11(8-10)18-4-2/h10-11H,3-9H2,1-2H3,(H,16,17). The Morgan fingerprint density at radius 2 is 2.00 bits per heavy atom. The lowest BCUT2D eigenvalue weighted by molar-refractivity contribution is -0.139. The summed E-state index contributed by atoms with van der Waals surface area (Å²) in [6.07, 6.45) is 2.77. The lowest BCUT2D eigenvalue weighted by Crippen LogP contribution is -2.38. The molecule has 1 aliphatic carbocycles. The van der Waals surface area contributed by atoms with E-state index in [2.05, 4.69) is 0 Å². The maximum atomic E-state index is 11.9. The molecule has 0 atom stereocenters. The Kier molecular flexibility index (Phi) is 6.12. The lowest BCUT2D eigenvalue weighted by Gasteiger charge is -2.35. The van der Waals surface area contributed by atoms with E-state index in [0.29, 0.717) is 31.5 Å². The first kappa shape index (κ1) is 15.0. The number of hydrogen-bond donors (Lipinski definition) is 1. The molecule has 0 aromatic heterocycles. The van der Waals surface area contributed by atoms with Crippen LogP contribution in [0.5, 0.6) is 0 Å². The minimum Gasteiger partial charge on any atom is -0.481 e. The Bertz CT molecular complexity index is 287. The van der Waals surface area contributed by atoms with Crippen LogP contribution in [0.2, 0.25) is 0 Å². The summed E-state index contributed by atoms with van der Waals surface area (Å²) in [6, 6.07) is 0. The first-order valence-corrected chi connectivity index (χ1v) is 6.67. The number of ether oxygens (including phenoxy) is 1. The van der Waals surface area contributed by atoms with Crippen molar-refractivity contribution >= 4 is 11.9 Å². The van der Waals surface area contributed by atoms with Crippen molar-refractivity contribution in [2.75, 3.05) is 19.7 Å². The lowest BCUT2D eigenvalue weighted by atomic mass is 9.79. The molecule has 0 unspecified atom stereocenters. The molecule has 0 aliphatic heterocycles. The van der Waals surface area contributed by atoms with E-state index in [1.165, 1.54) is 0 Å². The Morgan fingerprint density at radius 3 is 2.50 bits per heavy atom. The maximum absolute atomic E-state index is 11.9. The first-order chi connectivity index (χ1) is 8.56. The average Bonchev–Trinajstić information content (AvgIpc) is 2.26. The van der Waals surface area contributed by atoms with Crippen LogP contribution >= 0.6 is 0 Å². The van der Waals surface area contributed by atoms with Crippen molar-refractivity contribution < 1.29 is 19.4 Å². The summed E-state index contributed by atoms with van der Waals surface area (Å²) in [5.74, 6) is -0.382. The molecule has 0 aromatic rings. The van der Waals surface area contributed by atoms with Crippen LogP contribution in [-0.4, -0.2) is 47.7 Å². The van der Waals surface area contributed by atoms with E-state index in [1.54, 1.807) is 4.90 Å². The minimum absolute atomic E-state index is 0.0197. The van der Waals surface area contributed by atoms with E-state index in [4.69, 9.17) is 9.84 Å². The number of nitrogens with zero attached hydrogens (tertiary/aromatic N) is 1. The molecule has 0 aromatic carbocycles. The zero-order valence-electron chi connectivity index (χ0n) is 11.2. The van der Waals surface area contributed by atoms with Gasteiger partial charge >= 0.3 is 5.97 Å². The number of amides is 1. The second kappa shape index (κ2) is 7.36. The summed E-state index contributed by atoms with van der Waals surface area (Å²) in [5, 5.41) is 8.62. The molecule has 18 heavy (non-hydrogen) atoms. The molecule has 104 valence electrons. The monoisotopic (exact) mass is 257 g/mol. The van der Waals surface area contributed by atoms with Crippen molar-refractivity contribution in [1.29, 1.82) is 0 Å². The highest BCUT2D eigenvalue weighted by molar-refractivity contribution is 5.77. The van der Waals surface area contributed by atoms with Crippen LogP contribution in [0.3, 0.4) is 0 Å². The van der Waals surface area contributed by atoms with Crippen molar-refractivity contribution in [2.45, 2.75) is 45.6 Å². The number of carboxylic acids is 1. The van der Waals surface area contributed by atoms with Gasteiger partial charge in [0.15, 0.2) is 0 Å². The molecule has 0 radical (unpaired) electrons. The van der Waals surface area contributed by atoms with Gasteiger partial charge in [-0.05, 0) is 32.6 Å². The molecule has 0 bridgehead atoms. The molecule has 5 heteroatoms. The van der Waals surface area contributed by atoms with Gasteiger partial charge in [0.25, 0.3) is 0 Å². The van der Waals surface area contributed by atoms with E-state index >= 15 is 0 Å². The van der Waals surface area contributed by atoms with Crippen LogP contribution in [0.25, 0.3) is 0 Å². The van der Waals surface area contributed by atoms with E-state index in [0.717, 1.165) is 19.4 Å². The Hall–Kier alpha value is -1.10. The molecular weight excluding hydrogens is 234 g/mol. The second-order valence-corrected chi connectivity index (χ2v) is 4.74. The fraction of sp³-hybridized carbons (Fsp3) is 0.846. The molecule has 5 nitrogen and oxygen atoms in total.